The van der Waals surface area contributed by atoms with Crippen LogP contribution in [0.15, 0.2) is 33.5 Å². The van der Waals surface area contributed by atoms with Crippen LogP contribution < -0.4 is 5.76 Å². The molecule has 0 atom stereocenters. The van der Waals surface area contributed by atoms with E-state index in [-0.39, 0.29) is 11.6 Å². The molecule has 0 aliphatic heterocycles. The minimum atomic E-state index is -0.532. The van der Waals surface area contributed by atoms with Crippen LogP contribution in [-0.4, -0.2) is 14.9 Å². The van der Waals surface area contributed by atoms with Crippen LogP contribution in [0.1, 0.15) is 20.8 Å². The van der Waals surface area contributed by atoms with E-state index in [1.807, 2.05) is 20.8 Å². The summed E-state index contributed by atoms with van der Waals surface area (Å²) in [6.45, 7) is 5.56. The minimum Gasteiger partial charge on any atom is -0.507 e. The molecule has 2 rings (SSSR count). The second-order valence-electron chi connectivity index (χ2n) is 4.77. The topological polar surface area (TPSA) is 68.3 Å². The van der Waals surface area contributed by atoms with Gasteiger partial charge in [0.05, 0.1) is 11.1 Å². The first kappa shape index (κ1) is 11.4. The normalized spacial score (nSPS) is 11.7. The van der Waals surface area contributed by atoms with Gasteiger partial charge in [-0.15, -0.1) is 5.10 Å². The van der Waals surface area contributed by atoms with Crippen LogP contribution in [0.25, 0.3) is 11.5 Å². The maximum Gasteiger partial charge on any atom is 0.437 e. The van der Waals surface area contributed by atoms with E-state index in [0.29, 0.717) is 5.56 Å². The molecule has 0 fully saturated rings. The van der Waals surface area contributed by atoms with Crippen LogP contribution in [0, 0.1) is 0 Å². The number of phenolic OH excluding ortho intramolecular Hbond substituents is 1. The molecule has 1 heterocycles. The van der Waals surface area contributed by atoms with Crippen LogP contribution >= 0.6 is 0 Å². The molecule has 0 saturated carbocycles. The monoisotopic (exact) mass is 234 g/mol. The highest BCUT2D eigenvalue weighted by Crippen LogP contribution is 2.26. The number of aromatic hydroxyl groups is 1. The maximum absolute atomic E-state index is 11.6. The van der Waals surface area contributed by atoms with Crippen LogP contribution in [0.2, 0.25) is 0 Å². The lowest BCUT2D eigenvalue weighted by Gasteiger charge is -2.15. The quantitative estimate of drug-likeness (QED) is 0.819. The molecule has 2 aromatic rings. The number of phenols is 1. The molecular formula is C12H14N2O3. The van der Waals surface area contributed by atoms with Crippen molar-refractivity contribution in [2.24, 2.45) is 0 Å². The van der Waals surface area contributed by atoms with Crippen LogP contribution in [0.3, 0.4) is 0 Å². The third-order valence-electron chi connectivity index (χ3n) is 2.32. The number of rotatable bonds is 1. The van der Waals surface area contributed by atoms with Gasteiger partial charge in [0, 0.05) is 0 Å². The highest BCUT2D eigenvalue weighted by molar-refractivity contribution is 5.61. The Balaban J connectivity index is 2.57. The molecule has 90 valence electrons. The van der Waals surface area contributed by atoms with Crippen molar-refractivity contribution >= 4 is 0 Å². The van der Waals surface area contributed by atoms with Crippen molar-refractivity contribution in [2.45, 2.75) is 26.3 Å². The molecule has 1 aromatic carbocycles. The van der Waals surface area contributed by atoms with Crippen molar-refractivity contribution in [3.8, 4) is 17.2 Å². The molecule has 17 heavy (non-hydrogen) atoms. The number of nitrogens with zero attached hydrogens (tertiary/aromatic N) is 2. The summed E-state index contributed by atoms with van der Waals surface area (Å²) in [4.78, 5) is 11.6. The van der Waals surface area contributed by atoms with E-state index in [1.54, 1.807) is 18.2 Å². The highest BCUT2D eigenvalue weighted by atomic mass is 16.4. The molecular weight excluding hydrogens is 220 g/mol. The SMILES string of the molecule is CC(C)(C)n1nc(-c2ccccc2O)oc1=O. The zero-order valence-electron chi connectivity index (χ0n) is 9.97. The number of para-hydroxylation sites is 1. The predicted octanol–water partition coefficient (Wildman–Crippen LogP) is 1.96. The molecule has 1 N–H and O–H groups in total. The van der Waals surface area contributed by atoms with Crippen molar-refractivity contribution < 1.29 is 9.52 Å². The van der Waals surface area contributed by atoms with Gasteiger partial charge in [-0.3, -0.25) is 0 Å². The van der Waals surface area contributed by atoms with E-state index >= 15 is 0 Å². The number of hydrogen-bond acceptors (Lipinski definition) is 4. The number of benzene rings is 1. The summed E-state index contributed by atoms with van der Waals surface area (Å²) in [6, 6.07) is 6.60. The fraction of sp³-hybridized carbons (Fsp3) is 0.333. The van der Waals surface area contributed by atoms with E-state index in [0.717, 1.165) is 0 Å². The Bertz CT molecular complexity index is 590. The zero-order valence-corrected chi connectivity index (χ0v) is 9.97. The molecule has 0 unspecified atom stereocenters. The molecule has 5 heteroatoms. The van der Waals surface area contributed by atoms with Gasteiger partial charge in [0.25, 0.3) is 5.89 Å². The van der Waals surface area contributed by atoms with Gasteiger partial charge < -0.3 is 9.52 Å². The van der Waals surface area contributed by atoms with Crippen molar-refractivity contribution in [3.63, 3.8) is 0 Å². The lowest BCUT2D eigenvalue weighted by molar-refractivity contribution is 0.325. The summed E-state index contributed by atoms with van der Waals surface area (Å²) in [5, 5.41) is 13.7. The summed E-state index contributed by atoms with van der Waals surface area (Å²) in [5.74, 6) is -0.367. The third kappa shape index (κ3) is 2.08. The molecule has 0 saturated heterocycles. The van der Waals surface area contributed by atoms with Crippen molar-refractivity contribution in [3.05, 3.63) is 34.8 Å². The Morgan fingerprint density at radius 2 is 1.94 bits per heavy atom. The Morgan fingerprint density at radius 3 is 2.47 bits per heavy atom. The van der Waals surface area contributed by atoms with E-state index < -0.39 is 11.3 Å². The summed E-state index contributed by atoms with van der Waals surface area (Å²) in [6.07, 6.45) is 0. The van der Waals surface area contributed by atoms with Crippen molar-refractivity contribution in [1.29, 1.82) is 0 Å². The average Bonchev–Trinajstić information content (AvgIpc) is 2.60. The maximum atomic E-state index is 11.6. The second-order valence-corrected chi connectivity index (χ2v) is 4.77. The highest BCUT2D eigenvalue weighted by Gasteiger charge is 2.21. The van der Waals surface area contributed by atoms with Gasteiger partial charge in [-0.2, -0.15) is 4.68 Å². The summed E-state index contributed by atoms with van der Waals surface area (Å²) < 4.78 is 6.30. The van der Waals surface area contributed by atoms with Gasteiger partial charge in [0.15, 0.2) is 0 Å². The summed E-state index contributed by atoms with van der Waals surface area (Å²) in [7, 11) is 0. The van der Waals surface area contributed by atoms with Crippen LogP contribution in [-0.2, 0) is 5.54 Å². The van der Waals surface area contributed by atoms with Gasteiger partial charge in [0.2, 0.25) is 0 Å². The second kappa shape index (κ2) is 3.76. The van der Waals surface area contributed by atoms with E-state index in [4.69, 9.17) is 4.42 Å². The first-order chi connectivity index (χ1) is 7.89. The smallest absolute Gasteiger partial charge is 0.437 e. The average molecular weight is 234 g/mol. The van der Waals surface area contributed by atoms with E-state index in [2.05, 4.69) is 5.10 Å². The first-order valence-corrected chi connectivity index (χ1v) is 5.28. The van der Waals surface area contributed by atoms with E-state index in [9.17, 15) is 9.90 Å². The standard InChI is InChI=1S/C12H14N2O3/c1-12(2,3)14-11(16)17-10(13-14)8-6-4-5-7-9(8)15/h4-7,15H,1-3H3. The zero-order chi connectivity index (χ0) is 12.6. The van der Waals surface area contributed by atoms with Gasteiger partial charge >= 0.3 is 5.76 Å². The fourth-order valence-corrected chi connectivity index (χ4v) is 1.47. The van der Waals surface area contributed by atoms with Crippen LogP contribution in [0.4, 0.5) is 0 Å². The Kier molecular flexibility index (Phi) is 2.53. The van der Waals surface area contributed by atoms with Gasteiger partial charge in [-0.05, 0) is 32.9 Å². The minimum absolute atomic E-state index is 0.0369. The molecule has 0 amide bonds. The predicted molar refractivity (Wildman–Crippen MR) is 62.9 cm³/mol. The number of aromatic nitrogens is 2. The molecule has 0 aliphatic carbocycles. The molecule has 0 aliphatic rings. The summed E-state index contributed by atoms with van der Waals surface area (Å²) >= 11 is 0. The molecule has 0 radical (unpaired) electrons. The van der Waals surface area contributed by atoms with Crippen LogP contribution in [0.5, 0.6) is 5.75 Å². The molecule has 0 bridgehead atoms. The van der Waals surface area contributed by atoms with Crippen molar-refractivity contribution in [2.75, 3.05) is 0 Å². The van der Waals surface area contributed by atoms with E-state index in [1.165, 1.54) is 10.7 Å². The summed E-state index contributed by atoms with van der Waals surface area (Å²) in [5.41, 5.74) is -0.0453. The third-order valence-corrected chi connectivity index (χ3v) is 2.32. The van der Waals surface area contributed by atoms with Gasteiger partial charge in [-0.1, -0.05) is 12.1 Å². The number of hydrogen-bond donors (Lipinski definition) is 1. The Morgan fingerprint density at radius 1 is 1.29 bits per heavy atom. The first-order valence-electron chi connectivity index (χ1n) is 5.28. The molecule has 1 aromatic heterocycles. The Labute approximate surface area is 98.3 Å². The lowest BCUT2D eigenvalue weighted by Crippen LogP contribution is -2.32. The van der Waals surface area contributed by atoms with Gasteiger partial charge in [0.1, 0.15) is 5.75 Å². The molecule has 0 spiro atoms. The van der Waals surface area contributed by atoms with Crippen molar-refractivity contribution in [1.82, 2.24) is 9.78 Å². The largest absolute Gasteiger partial charge is 0.507 e. The fourth-order valence-electron chi connectivity index (χ4n) is 1.47. The lowest BCUT2D eigenvalue weighted by atomic mass is 10.1. The van der Waals surface area contributed by atoms with Gasteiger partial charge in [-0.25, -0.2) is 4.79 Å². The molecule has 5 nitrogen and oxygen atoms in total. The Hall–Kier alpha value is -2.04.